The molecule has 0 radical (unpaired) electrons. The van der Waals surface area contributed by atoms with Crippen LogP contribution in [0.2, 0.25) is 0 Å². The van der Waals surface area contributed by atoms with Gasteiger partial charge in [0.2, 0.25) is 5.91 Å². The lowest BCUT2D eigenvalue weighted by Crippen LogP contribution is -2.37. The second-order valence-electron chi connectivity index (χ2n) is 4.36. The van der Waals surface area contributed by atoms with Crippen LogP contribution < -0.4 is 11.1 Å². The van der Waals surface area contributed by atoms with E-state index in [1.54, 1.807) is 0 Å². The maximum Gasteiger partial charge on any atom is 0.220 e. The molecule has 0 aliphatic heterocycles. The minimum Gasteiger partial charge on any atom is -0.370 e. The third kappa shape index (κ3) is 7.03. The van der Waals surface area contributed by atoms with Crippen molar-refractivity contribution in [3.05, 3.63) is 0 Å². The van der Waals surface area contributed by atoms with Gasteiger partial charge in [0.05, 0.1) is 0 Å². The van der Waals surface area contributed by atoms with Gasteiger partial charge in [-0.25, -0.2) is 0 Å². The lowest BCUT2D eigenvalue weighted by molar-refractivity contribution is -0.121. The van der Waals surface area contributed by atoms with Crippen LogP contribution in [0.15, 0.2) is 4.99 Å². The summed E-state index contributed by atoms with van der Waals surface area (Å²) in [6, 6.07) is 0.451. The monoisotopic (exact) mass is 368 g/mol. The lowest BCUT2D eigenvalue weighted by Gasteiger charge is -2.19. The number of hydrogen-bond acceptors (Lipinski definition) is 2. The Bertz CT molecular complexity index is 275. The van der Waals surface area contributed by atoms with Crippen LogP contribution in [0.1, 0.15) is 39.5 Å². The molecule has 1 aliphatic rings. The Kier molecular flexibility index (Phi) is 9.13. The van der Waals surface area contributed by atoms with Gasteiger partial charge < -0.3 is 16.0 Å². The summed E-state index contributed by atoms with van der Waals surface area (Å²) in [6.45, 7) is 6.46. The Morgan fingerprint density at radius 2 is 2.00 bits per heavy atom. The van der Waals surface area contributed by atoms with Crippen LogP contribution in [-0.4, -0.2) is 42.4 Å². The average Bonchev–Trinajstić information content (AvgIpc) is 3.10. The summed E-state index contributed by atoms with van der Waals surface area (Å²) in [5.41, 5.74) is 5.82. The molecule has 0 bridgehead atoms. The van der Waals surface area contributed by atoms with E-state index in [9.17, 15) is 4.79 Å². The summed E-state index contributed by atoms with van der Waals surface area (Å²) in [5.74, 6) is 0.724. The second-order valence-corrected chi connectivity index (χ2v) is 4.36. The standard InChI is InChI=1S/C12H24N4O.HI/c1-3-16(4-2)12(13)14-9-5-6-11(17)15-10-7-8-10;/h10H,3-9H2,1-2H3,(H2,13,14)(H,15,17);1H. The summed E-state index contributed by atoms with van der Waals surface area (Å²) in [6.07, 6.45) is 3.59. The third-order valence-corrected chi connectivity index (χ3v) is 2.87. The Morgan fingerprint density at radius 3 is 2.50 bits per heavy atom. The highest BCUT2D eigenvalue weighted by Gasteiger charge is 2.22. The number of carbonyl (C=O) groups excluding carboxylic acids is 1. The van der Waals surface area contributed by atoms with Gasteiger partial charge in [0, 0.05) is 32.1 Å². The first-order valence-corrected chi connectivity index (χ1v) is 6.51. The van der Waals surface area contributed by atoms with Crippen LogP contribution >= 0.6 is 24.0 Å². The van der Waals surface area contributed by atoms with Crippen LogP contribution in [0.4, 0.5) is 0 Å². The normalized spacial score (nSPS) is 14.9. The molecule has 18 heavy (non-hydrogen) atoms. The molecule has 3 N–H and O–H groups in total. The summed E-state index contributed by atoms with van der Waals surface area (Å²) < 4.78 is 0. The number of nitrogens with one attached hydrogen (secondary N) is 1. The van der Waals surface area contributed by atoms with Crippen LogP contribution in [0.25, 0.3) is 0 Å². The maximum absolute atomic E-state index is 11.4. The van der Waals surface area contributed by atoms with E-state index >= 15 is 0 Å². The van der Waals surface area contributed by atoms with Gasteiger partial charge >= 0.3 is 0 Å². The molecule has 0 aromatic carbocycles. The van der Waals surface area contributed by atoms with E-state index in [2.05, 4.69) is 24.2 Å². The Labute approximate surface area is 127 Å². The van der Waals surface area contributed by atoms with Crippen molar-refractivity contribution >= 4 is 35.8 Å². The van der Waals surface area contributed by atoms with Crippen molar-refractivity contribution in [2.24, 2.45) is 10.7 Å². The van der Waals surface area contributed by atoms with E-state index in [-0.39, 0.29) is 29.9 Å². The first-order chi connectivity index (χ1) is 8.17. The largest absolute Gasteiger partial charge is 0.370 e. The first-order valence-electron chi connectivity index (χ1n) is 6.51. The number of nitrogens with zero attached hydrogens (tertiary/aromatic N) is 2. The van der Waals surface area contributed by atoms with E-state index in [1.165, 1.54) is 0 Å². The van der Waals surface area contributed by atoms with Crippen molar-refractivity contribution in [3.63, 3.8) is 0 Å². The maximum atomic E-state index is 11.4. The lowest BCUT2D eigenvalue weighted by atomic mass is 10.3. The molecule has 106 valence electrons. The third-order valence-electron chi connectivity index (χ3n) is 2.87. The Morgan fingerprint density at radius 1 is 1.39 bits per heavy atom. The van der Waals surface area contributed by atoms with Gasteiger partial charge in [-0.3, -0.25) is 9.79 Å². The summed E-state index contributed by atoms with van der Waals surface area (Å²) in [7, 11) is 0. The smallest absolute Gasteiger partial charge is 0.220 e. The van der Waals surface area contributed by atoms with Crippen LogP contribution in [0.3, 0.4) is 0 Å². The van der Waals surface area contributed by atoms with Crippen molar-refractivity contribution < 1.29 is 4.79 Å². The summed E-state index contributed by atoms with van der Waals surface area (Å²) in [4.78, 5) is 17.7. The van der Waals surface area contributed by atoms with Gasteiger partial charge in [0.1, 0.15) is 0 Å². The molecule has 1 rings (SSSR count). The minimum atomic E-state index is 0. The number of aliphatic imine (C=N–C) groups is 1. The average molecular weight is 368 g/mol. The van der Waals surface area contributed by atoms with Crippen LogP contribution in [0.5, 0.6) is 0 Å². The number of amides is 1. The fraction of sp³-hybridized carbons (Fsp3) is 0.833. The van der Waals surface area contributed by atoms with Crippen molar-refractivity contribution in [2.45, 2.75) is 45.6 Å². The molecule has 0 atom stereocenters. The topological polar surface area (TPSA) is 70.7 Å². The van der Waals surface area contributed by atoms with E-state index < -0.39 is 0 Å². The summed E-state index contributed by atoms with van der Waals surface area (Å²) >= 11 is 0. The molecule has 6 heteroatoms. The molecule has 0 heterocycles. The minimum absolute atomic E-state index is 0. The van der Waals surface area contributed by atoms with E-state index in [1.807, 2.05) is 4.90 Å². The van der Waals surface area contributed by atoms with Crippen molar-refractivity contribution in [1.29, 1.82) is 0 Å². The molecule has 5 nitrogen and oxygen atoms in total. The van der Waals surface area contributed by atoms with Gasteiger partial charge in [-0.1, -0.05) is 0 Å². The molecule has 0 saturated heterocycles. The quantitative estimate of drug-likeness (QED) is 0.308. The number of nitrogens with two attached hydrogens (primary N) is 1. The second kappa shape index (κ2) is 9.41. The molecule has 1 amide bonds. The number of carbonyl (C=O) groups is 1. The van der Waals surface area contributed by atoms with Gasteiger partial charge in [0.15, 0.2) is 5.96 Å². The molecule has 1 aliphatic carbocycles. The van der Waals surface area contributed by atoms with Crippen molar-refractivity contribution in [2.75, 3.05) is 19.6 Å². The molecule has 0 spiro atoms. The molecule has 0 aromatic rings. The highest BCUT2D eigenvalue weighted by molar-refractivity contribution is 14.0. The number of rotatable bonds is 7. The van der Waals surface area contributed by atoms with Gasteiger partial charge in [-0.05, 0) is 33.1 Å². The van der Waals surface area contributed by atoms with Gasteiger partial charge in [0.25, 0.3) is 0 Å². The SMILES string of the molecule is CCN(CC)C(N)=NCCCC(=O)NC1CC1.I. The van der Waals surface area contributed by atoms with Crippen LogP contribution in [-0.2, 0) is 4.79 Å². The molecular weight excluding hydrogens is 343 g/mol. The molecule has 1 fully saturated rings. The Balaban J connectivity index is 0.00000289. The summed E-state index contributed by atoms with van der Waals surface area (Å²) in [5, 5.41) is 2.96. The van der Waals surface area contributed by atoms with E-state index in [4.69, 9.17) is 5.73 Å². The zero-order valence-electron chi connectivity index (χ0n) is 11.3. The number of hydrogen-bond donors (Lipinski definition) is 2. The predicted molar refractivity (Wildman–Crippen MR) is 85.2 cm³/mol. The number of halogens is 1. The zero-order valence-corrected chi connectivity index (χ0v) is 13.6. The Hall–Kier alpha value is -0.530. The highest BCUT2D eigenvalue weighted by atomic mass is 127. The van der Waals surface area contributed by atoms with Crippen LogP contribution in [0, 0.1) is 0 Å². The first kappa shape index (κ1) is 17.5. The number of guanidine groups is 1. The molecule has 0 unspecified atom stereocenters. The van der Waals surface area contributed by atoms with Gasteiger partial charge in [-0.15, -0.1) is 24.0 Å². The highest BCUT2D eigenvalue weighted by Crippen LogP contribution is 2.18. The fourth-order valence-electron chi connectivity index (χ4n) is 1.61. The molecular formula is C12H25IN4O. The van der Waals surface area contributed by atoms with Gasteiger partial charge in [-0.2, -0.15) is 0 Å². The fourth-order valence-corrected chi connectivity index (χ4v) is 1.61. The predicted octanol–water partition coefficient (Wildman–Crippen LogP) is 1.32. The van der Waals surface area contributed by atoms with Crippen molar-refractivity contribution in [1.82, 2.24) is 10.2 Å². The zero-order chi connectivity index (χ0) is 12.7. The van der Waals surface area contributed by atoms with E-state index in [0.29, 0.717) is 25.0 Å². The van der Waals surface area contributed by atoms with Crippen molar-refractivity contribution in [3.8, 4) is 0 Å². The van der Waals surface area contributed by atoms with E-state index in [0.717, 1.165) is 32.4 Å². The molecule has 1 saturated carbocycles. The molecule has 0 aromatic heterocycles.